The molecule has 0 spiro atoms. The lowest BCUT2D eigenvalue weighted by Crippen LogP contribution is -2.22. The average molecular weight is 306 g/mol. The molecule has 2 aromatic carbocycles. The summed E-state index contributed by atoms with van der Waals surface area (Å²) in [7, 11) is 1.58. The van der Waals surface area contributed by atoms with Crippen LogP contribution < -0.4 is 10.1 Å². The van der Waals surface area contributed by atoms with E-state index in [1.165, 1.54) is 0 Å². The van der Waals surface area contributed by atoms with E-state index in [4.69, 9.17) is 16.3 Å². The van der Waals surface area contributed by atoms with Crippen LogP contribution in [0.5, 0.6) is 11.5 Å². The van der Waals surface area contributed by atoms with E-state index < -0.39 is 0 Å². The molecular formula is C17H20ClNO2. The first-order valence-corrected chi connectivity index (χ1v) is 7.28. The van der Waals surface area contributed by atoms with E-state index in [2.05, 4.69) is 12.2 Å². The van der Waals surface area contributed by atoms with E-state index >= 15 is 0 Å². The first-order chi connectivity index (χ1) is 10.0. The number of ether oxygens (including phenoxy) is 1. The Bertz CT molecular complexity index is 615. The summed E-state index contributed by atoms with van der Waals surface area (Å²) in [5, 5.41) is 14.3. The molecule has 112 valence electrons. The molecule has 2 N–H and O–H groups in total. The van der Waals surface area contributed by atoms with Crippen LogP contribution in [0.2, 0.25) is 5.02 Å². The summed E-state index contributed by atoms with van der Waals surface area (Å²) in [6.45, 7) is 4.06. The Labute approximate surface area is 130 Å². The van der Waals surface area contributed by atoms with Gasteiger partial charge in [-0.15, -0.1) is 0 Å². The van der Waals surface area contributed by atoms with Gasteiger partial charge >= 0.3 is 0 Å². The van der Waals surface area contributed by atoms with Crippen molar-refractivity contribution in [3.63, 3.8) is 0 Å². The van der Waals surface area contributed by atoms with Gasteiger partial charge in [0, 0.05) is 28.7 Å². The molecule has 0 fully saturated rings. The second-order valence-corrected chi connectivity index (χ2v) is 5.46. The van der Waals surface area contributed by atoms with E-state index in [0.29, 0.717) is 5.75 Å². The average Bonchev–Trinajstić information content (AvgIpc) is 2.47. The second kappa shape index (κ2) is 6.83. The number of hydrogen-bond donors (Lipinski definition) is 2. The Hall–Kier alpha value is -1.71. The Morgan fingerprint density at radius 3 is 2.33 bits per heavy atom. The van der Waals surface area contributed by atoms with Gasteiger partial charge in [-0.25, -0.2) is 0 Å². The number of hydrogen-bond acceptors (Lipinski definition) is 3. The lowest BCUT2D eigenvalue weighted by Gasteiger charge is -2.22. The van der Waals surface area contributed by atoms with Crippen LogP contribution in [0.25, 0.3) is 0 Å². The van der Waals surface area contributed by atoms with Crippen molar-refractivity contribution in [1.82, 2.24) is 5.32 Å². The molecule has 2 aromatic rings. The smallest absolute Gasteiger partial charge is 0.124 e. The van der Waals surface area contributed by atoms with Crippen LogP contribution in [-0.4, -0.2) is 12.2 Å². The molecule has 0 saturated heterocycles. The van der Waals surface area contributed by atoms with Crippen molar-refractivity contribution in [2.24, 2.45) is 0 Å². The summed E-state index contributed by atoms with van der Waals surface area (Å²) in [5.41, 5.74) is 1.87. The maximum atomic E-state index is 10.1. The van der Waals surface area contributed by atoms with E-state index in [1.54, 1.807) is 13.2 Å². The first-order valence-electron chi connectivity index (χ1n) is 6.90. The standard InChI is InChI=1S/C17H20ClNO2/c1-11(14-6-4-5-7-16(14)18)19-12(2)15-9-8-13(21-3)10-17(15)20/h4-12,19-20H,1-3H3/t11-,12?/m1/s1. The summed E-state index contributed by atoms with van der Waals surface area (Å²) in [6, 6.07) is 13.2. The molecule has 0 radical (unpaired) electrons. The monoisotopic (exact) mass is 305 g/mol. The van der Waals surface area contributed by atoms with Gasteiger partial charge in [0.1, 0.15) is 11.5 Å². The largest absolute Gasteiger partial charge is 0.507 e. The molecule has 0 aliphatic rings. The molecule has 0 aliphatic carbocycles. The van der Waals surface area contributed by atoms with Crippen LogP contribution >= 0.6 is 11.6 Å². The van der Waals surface area contributed by atoms with Crippen molar-refractivity contribution in [2.75, 3.05) is 7.11 Å². The fraction of sp³-hybridized carbons (Fsp3) is 0.294. The molecule has 1 unspecified atom stereocenters. The maximum Gasteiger partial charge on any atom is 0.124 e. The number of halogens is 1. The van der Waals surface area contributed by atoms with Crippen molar-refractivity contribution >= 4 is 11.6 Å². The van der Waals surface area contributed by atoms with Gasteiger partial charge in [0.15, 0.2) is 0 Å². The summed E-state index contributed by atoms with van der Waals surface area (Å²) < 4.78 is 5.10. The van der Waals surface area contributed by atoms with Gasteiger partial charge < -0.3 is 15.2 Å². The number of phenolic OH excluding ortho intramolecular Hbond substituents is 1. The van der Waals surface area contributed by atoms with E-state index in [-0.39, 0.29) is 17.8 Å². The third-order valence-corrected chi connectivity index (χ3v) is 3.92. The van der Waals surface area contributed by atoms with Gasteiger partial charge in [-0.1, -0.05) is 35.9 Å². The summed E-state index contributed by atoms with van der Waals surface area (Å²) >= 11 is 6.21. The molecule has 0 bridgehead atoms. The van der Waals surface area contributed by atoms with E-state index in [9.17, 15) is 5.11 Å². The number of rotatable bonds is 5. The Kier molecular flexibility index (Phi) is 5.10. The topological polar surface area (TPSA) is 41.5 Å². The number of aromatic hydroxyl groups is 1. The third kappa shape index (κ3) is 3.69. The fourth-order valence-electron chi connectivity index (χ4n) is 2.40. The van der Waals surface area contributed by atoms with Crippen LogP contribution in [0.1, 0.15) is 37.1 Å². The third-order valence-electron chi connectivity index (χ3n) is 3.58. The lowest BCUT2D eigenvalue weighted by atomic mass is 10.0. The van der Waals surface area contributed by atoms with Gasteiger partial charge in [0.2, 0.25) is 0 Å². The molecule has 4 heteroatoms. The molecule has 0 saturated carbocycles. The zero-order chi connectivity index (χ0) is 15.4. The number of benzene rings is 2. The van der Waals surface area contributed by atoms with Gasteiger partial charge in [0.05, 0.1) is 7.11 Å². The minimum atomic E-state index is -0.0119. The van der Waals surface area contributed by atoms with Gasteiger partial charge in [0.25, 0.3) is 0 Å². The zero-order valence-electron chi connectivity index (χ0n) is 12.4. The minimum Gasteiger partial charge on any atom is -0.507 e. The molecule has 3 nitrogen and oxygen atoms in total. The van der Waals surface area contributed by atoms with Gasteiger partial charge in [-0.3, -0.25) is 0 Å². The molecule has 0 aliphatic heterocycles. The quantitative estimate of drug-likeness (QED) is 0.856. The lowest BCUT2D eigenvalue weighted by molar-refractivity contribution is 0.402. The van der Waals surface area contributed by atoms with Crippen molar-refractivity contribution < 1.29 is 9.84 Å². The summed E-state index contributed by atoms with van der Waals surface area (Å²) in [4.78, 5) is 0. The minimum absolute atomic E-state index is 0.0119. The number of nitrogens with one attached hydrogen (secondary N) is 1. The first kappa shape index (κ1) is 15.7. The molecule has 0 heterocycles. The van der Waals surface area contributed by atoms with Crippen LogP contribution in [0.4, 0.5) is 0 Å². The van der Waals surface area contributed by atoms with Crippen molar-refractivity contribution in [2.45, 2.75) is 25.9 Å². The van der Waals surface area contributed by atoms with E-state index in [0.717, 1.165) is 16.1 Å². The predicted molar refractivity (Wildman–Crippen MR) is 86.1 cm³/mol. The highest BCUT2D eigenvalue weighted by atomic mass is 35.5. The number of phenols is 1. The Morgan fingerprint density at radius 2 is 1.71 bits per heavy atom. The highest BCUT2D eigenvalue weighted by molar-refractivity contribution is 6.31. The molecule has 0 amide bonds. The highest BCUT2D eigenvalue weighted by Crippen LogP contribution is 2.31. The maximum absolute atomic E-state index is 10.1. The van der Waals surface area contributed by atoms with Gasteiger partial charge in [-0.05, 0) is 31.5 Å². The van der Waals surface area contributed by atoms with Gasteiger partial charge in [-0.2, -0.15) is 0 Å². The highest BCUT2D eigenvalue weighted by Gasteiger charge is 2.16. The van der Waals surface area contributed by atoms with Crippen LogP contribution in [-0.2, 0) is 0 Å². The van der Waals surface area contributed by atoms with Crippen LogP contribution in [0, 0.1) is 0 Å². The molecule has 2 atom stereocenters. The predicted octanol–water partition coefficient (Wildman–Crippen LogP) is 4.47. The fourth-order valence-corrected chi connectivity index (χ4v) is 2.70. The van der Waals surface area contributed by atoms with Crippen molar-refractivity contribution in [1.29, 1.82) is 0 Å². The van der Waals surface area contributed by atoms with Crippen molar-refractivity contribution in [3.05, 3.63) is 58.6 Å². The summed E-state index contributed by atoms with van der Waals surface area (Å²) in [6.07, 6.45) is 0. The molecular weight excluding hydrogens is 286 g/mol. The zero-order valence-corrected chi connectivity index (χ0v) is 13.2. The Balaban J connectivity index is 2.14. The van der Waals surface area contributed by atoms with Crippen molar-refractivity contribution in [3.8, 4) is 11.5 Å². The molecule has 2 rings (SSSR count). The summed E-state index contributed by atoms with van der Waals surface area (Å²) in [5.74, 6) is 0.864. The molecule has 0 aromatic heterocycles. The van der Waals surface area contributed by atoms with Crippen LogP contribution in [0.3, 0.4) is 0 Å². The second-order valence-electron chi connectivity index (χ2n) is 5.06. The normalized spacial score (nSPS) is 13.7. The Morgan fingerprint density at radius 1 is 1.05 bits per heavy atom. The number of methoxy groups -OCH3 is 1. The molecule has 21 heavy (non-hydrogen) atoms. The van der Waals surface area contributed by atoms with Crippen LogP contribution in [0.15, 0.2) is 42.5 Å². The van der Waals surface area contributed by atoms with E-state index in [1.807, 2.05) is 43.3 Å². The SMILES string of the molecule is COc1ccc(C(C)N[C@H](C)c2ccccc2Cl)c(O)c1.